The maximum absolute atomic E-state index is 11.8. The largest absolute Gasteiger partial charge is 0.370 e. The fraction of sp³-hybridized carbons (Fsp3) is 0.727. The Bertz CT molecular complexity index is 501. The summed E-state index contributed by atoms with van der Waals surface area (Å²) in [5.74, 6) is 0.256. The Hall–Kier alpha value is -1.12. The molecule has 5 N–H and O–H groups in total. The molecular weight excluding hydrogens is 266 g/mol. The summed E-state index contributed by atoms with van der Waals surface area (Å²) >= 11 is 0. The van der Waals surface area contributed by atoms with Crippen molar-refractivity contribution in [2.75, 3.05) is 12.8 Å². The van der Waals surface area contributed by atoms with Crippen LogP contribution in [0.15, 0.2) is 17.3 Å². The highest BCUT2D eigenvalue weighted by Crippen LogP contribution is 2.27. The Kier molecular flexibility index (Phi) is 3.84. The van der Waals surface area contributed by atoms with Gasteiger partial charge in [0.2, 0.25) is 10.0 Å². The normalized spacial score (nSPS) is 32.7. The van der Waals surface area contributed by atoms with E-state index in [1.165, 1.54) is 10.6 Å². The number of hydrogen-bond donors (Lipinski definition) is 3. The number of nitrogens with one attached hydrogen (secondary N) is 1. The first-order valence-corrected chi connectivity index (χ1v) is 8.20. The van der Waals surface area contributed by atoms with E-state index in [2.05, 4.69) is 10.3 Å². The van der Waals surface area contributed by atoms with E-state index in [9.17, 15) is 8.42 Å². The minimum Gasteiger partial charge on any atom is -0.370 e. The molecule has 0 amide bonds. The van der Waals surface area contributed by atoms with Gasteiger partial charge in [-0.1, -0.05) is 6.42 Å². The summed E-state index contributed by atoms with van der Waals surface area (Å²) in [6.45, 7) is 0.556. The zero-order valence-corrected chi connectivity index (χ0v) is 11.9. The van der Waals surface area contributed by atoms with Gasteiger partial charge in [-0.15, -0.1) is 0 Å². The van der Waals surface area contributed by atoms with Crippen molar-refractivity contribution in [2.24, 2.45) is 16.5 Å². The Balaban J connectivity index is 2.16. The van der Waals surface area contributed by atoms with Gasteiger partial charge in [-0.3, -0.25) is 0 Å². The predicted octanol–water partition coefficient (Wildman–Crippen LogP) is -0.723. The lowest BCUT2D eigenvalue weighted by atomic mass is 9.94. The average Bonchev–Trinajstić information content (AvgIpc) is 2.27. The summed E-state index contributed by atoms with van der Waals surface area (Å²) in [5, 5.41) is 2.75. The second-order valence-corrected chi connectivity index (χ2v) is 7.13. The molecule has 0 spiro atoms. The van der Waals surface area contributed by atoms with Gasteiger partial charge in [0.25, 0.3) is 0 Å². The van der Waals surface area contributed by atoms with Gasteiger partial charge < -0.3 is 16.8 Å². The number of sulfonamides is 1. The molecule has 0 saturated carbocycles. The highest BCUT2D eigenvalue weighted by atomic mass is 32.2. The molecule has 2 aliphatic rings. The first-order chi connectivity index (χ1) is 8.80. The predicted molar refractivity (Wildman–Crippen MR) is 74.6 cm³/mol. The quantitative estimate of drug-likeness (QED) is 0.633. The lowest BCUT2D eigenvalue weighted by Gasteiger charge is -2.37. The lowest BCUT2D eigenvalue weighted by Crippen LogP contribution is -2.51. The number of guanidine groups is 1. The van der Waals surface area contributed by atoms with Crippen molar-refractivity contribution in [3.05, 3.63) is 12.3 Å². The molecule has 0 aromatic carbocycles. The van der Waals surface area contributed by atoms with E-state index in [0.29, 0.717) is 13.0 Å². The molecule has 0 aromatic rings. The second kappa shape index (κ2) is 5.10. The van der Waals surface area contributed by atoms with Gasteiger partial charge >= 0.3 is 0 Å². The number of nitrogens with zero attached hydrogens (tertiary/aromatic N) is 2. The number of hydrogen-bond acceptors (Lipinski definition) is 6. The Morgan fingerprint density at radius 2 is 2.32 bits per heavy atom. The molecule has 2 aliphatic heterocycles. The van der Waals surface area contributed by atoms with Crippen LogP contribution in [0.1, 0.15) is 25.7 Å². The van der Waals surface area contributed by atoms with E-state index >= 15 is 0 Å². The van der Waals surface area contributed by atoms with Gasteiger partial charge in [0.1, 0.15) is 5.66 Å². The van der Waals surface area contributed by atoms with Crippen LogP contribution in [-0.2, 0) is 10.0 Å². The van der Waals surface area contributed by atoms with Gasteiger partial charge in [-0.05, 0) is 18.9 Å². The maximum atomic E-state index is 11.8. The van der Waals surface area contributed by atoms with Crippen LogP contribution in [0.2, 0.25) is 0 Å². The minimum atomic E-state index is -3.21. The van der Waals surface area contributed by atoms with Crippen molar-refractivity contribution in [3.8, 4) is 0 Å². The smallest absolute Gasteiger partial charge is 0.211 e. The molecule has 2 unspecified atom stereocenters. The van der Waals surface area contributed by atoms with Gasteiger partial charge in [0, 0.05) is 25.2 Å². The molecular formula is C11H21N5O2S. The van der Waals surface area contributed by atoms with E-state index in [0.717, 1.165) is 19.3 Å². The molecule has 1 saturated heterocycles. The van der Waals surface area contributed by atoms with Crippen LogP contribution in [0.3, 0.4) is 0 Å². The van der Waals surface area contributed by atoms with E-state index in [4.69, 9.17) is 11.5 Å². The number of piperidine rings is 1. The fourth-order valence-electron chi connectivity index (χ4n) is 2.67. The third-order valence-corrected chi connectivity index (χ3v) is 4.83. The van der Waals surface area contributed by atoms with Crippen LogP contribution >= 0.6 is 0 Å². The topological polar surface area (TPSA) is 114 Å². The summed E-state index contributed by atoms with van der Waals surface area (Å²) in [6.07, 6.45) is 7.76. The Morgan fingerprint density at radius 3 is 2.95 bits per heavy atom. The Morgan fingerprint density at radius 1 is 1.58 bits per heavy atom. The van der Waals surface area contributed by atoms with E-state index in [1.54, 1.807) is 12.3 Å². The van der Waals surface area contributed by atoms with Crippen LogP contribution in [0, 0.1) is 0 Å². The van der Waals surface area contributed by atoms with Crippen molar-refractivity contribution in [1.82, 2.24) is 9.62 Å². The van der Waals surface area contributed by atoms with Crippen LogP contribution in [-0.4, -0.2) is 43.2 Å². The molecule has 19 heavy (non-hydrogen) atoms. The summed E-state index contributed by atoms with van der Waals surface area (Å²) in [6, 6.07) is -0.118. The minimum absolute atomic E-state index is 0.118. The number of nitrogens with two attached hydrogens (primary N) is 2. The maximum Gasteiger partial charge on any atom is 0.211 e. The first-order valence-electron chi connectivity index (χ1n) is 6.35. The number of rotatable bonds is 3. The molecule has 0 bridgehead atoms. The van der Waals surface area contributed by atoms with E-state index in [-0.39, 0.29) is 12.0 Å². The van der Waals surface area contributed by atoms with Gasteiger partial charge in [-0.2, -0.15) is 4.31 Å². The van der Waals surface area contributed by atoms with Crippen LogP contribution in [0.25, 0.3) is 0 Å². The highest BCUT2D eigenvalue weighted by molar-refractivity contribution is 7.88. The summed E-state index contributed by atoms with van der Waals surface area (Å²) in [5.41, 5.74) is 10.9. The highest BCUT2D eigenvalue weighted by Gasteiger charge is 2.35. The monoisotopic (exact) mass is 287 g/mol. The molecule has 2 atom stereocenters. The van der Waals surface area contributed by atoms with Crippen molar-refractivity contribution < 1.29 is 8.42 Å². The SMILES string of the molecule is CS(=O)(=O)N1CCCCC1CC1(N)C=CNC(N)=N1. The third kappa shape index (κ3) is 3.46. The van der Waals surface area contributed by atoms with E-state index < -0.39 is 15.7 Å². The molecule has 108 valence electrons. The van der Waals surface area contributed by atoms with Crippen molar-refractivity contribution in [3.63, 3.8) is 0 Å². The molecule has 0 aromatic heterocycles. The fourth-order valence-corrected chi connectivity index (χ4v) is 3.85. The first kappa shape index (κ1) is 14.3. The van der Waals surface area contributed by atoms with Gasteiger partial charge in [0.05, 0.1) is 6.26 Å². The summed E-state index contributed by atoms with van der Waals surface area (Å²) in [7, 11) is -3.21. The van der Waals surface area contributed by atoms with Crippen molar-refractivity contribution in [2.45, 2.75) is 37.4 Å². The zero-order chi connectivity index (χ0) is 14.1. The molecule has 8 heteroatoms. The standard InChI is InChI=1S/C11H21N5O2S/c1-19(17,18)16-7-3-2-4-9(16)8-11(13)5-6-14-10(12)15-11/h5-6,9H,2-4,7-8,13H2,1H3,(H3,12,14,15). The molecule has 2 rings (SSSR count). The average molecular weight is 287 g/mol. The van der Waals surface area contributed by atoms with Crippen molar-refractivity contribution in [1.29, 1.82) is 0 Å². The van der Waals surface area contributed by atoms with Gasteiger partial charge in [0.15, 0.2) is 5.96 Å². The summed E-state index contributed by atoms with van der Waals surface area (Å²) < 4.78 is 25.1. The van der Waals surface area contributed by atoms with Crippen LogP contribution in [0.4, 0.5) is 0 Å². The number of aliphatic imine (C=N–C) groups is 1. The Labute approximate surface area is 113 Å². The molecule has 1 fully saturated rings. The van der Waals surface area contributed by atoms with Crippen molar-refractivity contribution >= 4 is 16.0 Å². The lowest BCUT2D eigenvalue weighted by molar-refractivity contribution is 0.217. The van der Waals surface area contributed by atoms with Crippen LogP contribution in [0.5, 0.6) is 0 Å². The zero-order valence-electron chi connectivity index (χ0n) is 11.0. The van der Waals surface area contributed by atoms with Crippen LogP contribution < -0.4 is 16.8 Å². The third-order valence-electron chi connectivity index (χ3n) is 3.49. The molecule has 7 nitrogen and oxygen atoms in total. The van der Waals surface area contributed by atoms with Gasteiger partial charge in [-0.25, -0.2) is 13.4 Å². The second-order valence-electron chi connectivity index (χ2n) is 5.19. The molecule has 0 radical (unpaired) electrons. The molecule has 0 aliphatic carbocycles. The summed E-state index contributed by atoms with van der Waals surface area (Å²) in [4.78, 5) is 4.18. The molecule has 2 heterocycles. The van der Waals surface area contributed by atoms with E-state index in [1.807, 2.05) is 0 Å².